The molecule has 3 fully saturated rings. The molecule has 10 heteroatoms. The highest BCUT2D eigenvalue weighted by Crippen LogP contribution is 2.42. The zero-order valence-electron chi connectivity index (χ0n) is 20.1. The molecule has 2 aliphatic carbocycles. The SMILES string of the molecule is O=C(NS(=O)(=O)C1CC1)c1cc(OCC2CCOCC2)c2c(C3CCC3)nn(-c3ccccc3)c2n1. The molecule has 0 radical (unpaired) electrons. The Bertz CT molecular complexity index is 1370. The summed E-state index contributed by atoms with van der Waals surface area (Å²) in [7, 11) is -3.71. The van der Waals surface area contributed by atoms with E-state index in [1.54, 1.807) is 10.7 Å². The second kappa shape index (κ2) is 9.48. The molecule has 0 spiro atoms. The van der Waals surface area contributed by atoms with Crippen molar-refractivity contribution >= 4 is 27.0 Å². The number of pyridine rings is 1. The molecule has 1 amide bonds. The Morgan fingerprint density at radius 3 is 2.50 bits per heavy atom. The van der Waals surface area contributed by atoms with Crippen molar-refractivity contribution < 1.29 is 22.7 Å². The van der Waals surface area contributed by atoms with Gasteiger partial charge in [0.25, 0.3) is 5.91 Å². The smallest absolute Gasteiger partial charge is 0.283 e. The van der Waals surface area contributed by atoms with Gasteiger partial charge in [-0.1, -0.05) is 24.6 Å². The van der Waals surface area contributed by atoms with E-state index in [9.17, 15) is 13.2 Å². The number of rotatable bonds is 8. The van der Waals surface area contributed by atoms with Crippen LogP contribution >= 0.6 is 0 Å². The Labute approximate surface area is 210 Å². The van der Waals surface area contributed by atoms with Crippen molar-refractivity contribution in [1.29, 1.82) is 0 Å². The number of nitrogens with zero attached hydrogens (tertiary/aromatic N) is 3. The number of ether oxygens (including phenoxy) is 2. The summed E-state index contributed by atoms with van der Waals surface area (Å²) in [6, 6.07) is 11.2. The van der Waals surface area contributed by atoms with Gasteiger partial charge in [0.2, 0.25) is 10.0 Å². The van der Waals surface area contributed by atoms with Crippen LogP contribution in [0.25, 0.3) is 16.7 Å². The molecule has 1 saturated heterocycles. The normalized spacial score (nSPS) is 19.2. The second-order valence-corrected chi connectivity index (χ2v) is 12.0. The predicted octanol–water partition coefficient (Wildman–Crippen LogP) is 3.72. The predicted molar refractivity (Wildman–Crippen MR) is 134 cm³/mol. The summed E-state index contributed by atoms with van der Waals surface area (Å²) in [6.07, 6.45) is 6.21. The number of carbonyl (C=O) groups is 1. The molecule has 1 N–H and O–H groups in total. The van der Waals surface area contributed by atoms with Gasteiger partial charge in [0.15, 0.2) is 5.65 Å². The van der Waals surface area contributed by atoms with E-state index >= 15 is 0 Å². The third-order valence-electron chi connectivity index (χ3n) is 7.37. The van der Waals surface area contributed by atoms with E-state index in [4.69, 9.17) is 14.6 Å². The number of fused-ring (bicyclic) bond motifs is 1. The van der Waals surface area contributed by atoms with Gasteiger partial charge in [-0.25, -0.2) is 22.8 Å². The molecule has 9 nitrogen and oxygen atoms in total. The van der Waals surface area contributed by atoms with Crippen LogP contribution in [0.3, 0.4) is 0 Å². The minimum Gasteiger partial charge on any atom is -0.492 e. The number of aromatic nitrogens is 3. The Hall–Kier alpha value is -2.98. The van der Waals surface area contributed by atoms with Crippen molar-refractivity contribution in [3.8, 4) is 11.4 Å². The molecule has 190 valence electrons. The first kappa shape index (κ1) is 23.4. The highest BCUT2D eigenvalue weighted by molar-refractivity contribution is 7.91. The summed E-state index contributed by atoms with van der Waals surface area (Å²) in [5.74, 6) is 0.445. The lowest BCUT2D eigenvalue weighted by atomic mass is 9.82. The first-order chi connectivity index (χ1) is 17.5. The number of nitrogens with one attached hydrogen (secondary N) is 1. The molecule has 1 aromatic carbocycles. The molecule has 2 saturated carbocycles. The van der Waals surface area contributed by atoms with Crippen LogP contribution in [-0.2, 0) is 14.8 Å². The fraction of sp³-hybridized carbons (Fsp3) is 0.500. The molecule has 0 unspecified atom stereocenters. The maximum atomic E-state index is 13.1. The number of benzene rings is 1. The Morgan fingerprint density at radius 2 is 1.83 bits per heavy atom. The van der Waals surface area contributed by atoms with E-state index in [1.165, 1.54) is 0 Å². The van der Waals surface area contributed by atoms with Crippen LogP contribution in [0.1, 0.15) is 67.0 Å². The molecule has 6 rings (SSSR count). The quantitative estimate of drug-likeness (QED) is 0.491. The maximum Gasteiger partial charge on any atom is 0.283 e. The highest BCUT2D eigenvalue weighted by Gasteiger charge is 2.37. The largest absolute Gasteiger partial charge is 0.492 e. The zero-order chi connectivity index (χ0) is 24.7. The number of carbonyl (C=O) groups excluding carboxylic acids is 1. The lowest BCUT2D eigenvalue weighted by Gasteiger charge is -2.25. The van der Waals surface area contributed by atoms with Gasteiger partial charge in [0, 0.05) is 25.2 Å². The van der Waals surface area contributed by atoms with Crippen molar-refractivity contribution in [1.82, 2.24) is 19.5 Å². The topological polar surface area (TPSA) is 112 Å². The summed E-state index contributed by atoms with van der Waals surface area (Å²) in [5, 5.41) is 5.25. The second-order valence-electron chi connectivity index (χ2n) is 10.0. The van der Waals surface area contributed by atoms with Crippen molar-refractivity contribution in [2.75, 3.05) is 19.8 Å². The average molecular weight is 511 g/mol. The molecular weight excluding hydrogens is 480 g/mol. The van der Waals surface area contributed by atoms with Crippen LogP contribution in [0.2, 0.25) is 0 Å². The molecular formula is C26H30N4O5S. The summed E-state index contributed by atoms with van der Waals surface area (Å²) < 4.78 is 40.7. The van der Waals surface area contributed by atoms with E-state index in [1.807, 2.05) is 30.3 Å². The number of hydrogen-bond donors (Lipinski definition) is 1. The lowest BCUT2D eigenvalue weighted by Crippen LogP contribution is -2.33. The van der Waals surface area contributed by atoms with Gasteiger partial charge in [-0.15, -0.1) is 0 Å². The molecule has 3 aromatic rings. The molecule has 2 aromatic heterocycles. The minimum absolute atomic E-state index is 0.00550. The first-order valence-corrected chi connectivity index (χ1v) is 14.3. The van der Waals surface area contributed by atoms with Crippen LogP contribution in [0.4, 0.5) is 0 Å². The maximum absolute atomic E-state index is 13.1. The van der Waals surface area contributed by atoms with Crippen LogP contribution in [0, 0.1) is 5.92 Å². The van der Waals surface area contributed by atoms with Gasteiger partial charge in [0.05, 0.1) is 28.6 Å². The number of hydrogen-bond acceptors (Lipinski definition) is 7. The highest BCUT2D eigenvalue weighted by atomic mass is 32.2. The summed E-state index contributed by atoms with van der Waals surface area (Å²) in [4.78, 5) is 17.8. The molecule has 36 heavy (non-hydrogen) atoms. The number of amides is 1. The zero-order valence-corrected chi connectivity index (χ0v) is 20.9. The molecule has 3 heterocycles. The van der Waals surface area contributed by atoms with E-state index in [-0.39, 0.29) is 5.69 Å². The third kappa shape index (κ3) is 4.59. The lowest BCUT2D eigenvalue weighted by molar-refractivity contribution is 0.0499. The standard InChI is InChI=1S/C26H30N4O5S/c31-26(29-36(32,33)20-9-10-20)21-15-22(35-16-17-11-13-34-14-12-17)23-24(18-5-4-6-18)28-30(25(23)27-21)19-7-2-1-3-8-19/h1-3,7-8,15,17-18,20H,4-6,9-14,16H2,(H,29,31). The van der Waals surface area contributed by atoms with Crippen molar-refractivity contribution in [3.05, 3.63) is 47.8 Å². The monoisotopic (exact) mass is 510 g/mol. The number of para-hydroxylation sites is 1. The van der Waals surface area contributed by atoms with E-state index in [0.29, 0.717) is 55.9 Å². The fourth-order valence-corrected chi connectivity index (χ4v) is 6.10. The summed E-state index contributed by atoms with van der Waals surface area (Å²) >= 11 is 0. The summed E-state index contributed by atoms with van der Waals surface area (Å²) in [6.45, 7) is 1.92. The van der Waals surface area contributed by atoms with Gasteiger partial charge < -0.3 is 9.47 Å². The van der Waals surface area contributed by atoms with Gasteiger partial charge in [0.1, 0.15) is 11.4 Å². The molecule has 1 aliphatic heterocycles. The average Bonchev–Trinajstić information content (AvgIpc) is 3.66. The van der Waals surface area contributed by atoms with E-state index in [0.717, 1.165) is 48.9 Å². The van der Waals surface area contributed by atoms with Crippen molar-refractivity contribution in [2.45, 2.75) is 56.1 Å². The van der Waals surface area contributed by atoms with E-state index < -0.39 is 21.2 Å². The van der Waals surface area contributed by atoms with Crippen molar-refractivity contribution in [3.63, 3.8) is 0 Å². The van der Waals surface area contributed by atoms with Gasteiger partial charge in [-0.05, 0) is 56.6 Å². The van der Waals surface area contributed by atoms with Gasteiger partial charge in [-0.3, -0.25) is 4.79 Å². The van der Waals surface area contributed by atoms with Crippen LogP contribution in [0.15, 0.2) is 36.4 Å². The van der Waals surface area contributed by atoms with Crippen LogP contribution in [-0.4, -0.2) is 54.2 Å². The fourth-order valence-electron chi connectivity index (χ4n) is 4.82. The Morgan fingerprint density at radius 1 is 1.08 bits per heavy atom. The number of sulfonamides is 1. The Balaban J connectivity index is 1.45. The van der Waals surface area contributed by atoms with Gasteiger partial charge >= 0.3 is 0 Å². The Kier molecular flexibility index (Phi) is 6.17. The van der Waals surface area contributed by atoms with E-state index in [2.05, 4.69) is 9.71 Å². The van der Waals surface area contributed by atoms with Crippen molar-refractivity contribution in [2.24, 2.45) is 5.92 Å². The van der Waals surface area contributed by atoms with Gasteiger partial charge in [-0.2, -0.15) is 5.10 Å². The molecule has 3 aliphatic rings. The minimum atomic E-state index is -3.71. The molecule has 0 bridgehead atoms. The van der Waals surface area contributed by atoms with Crippen LogP contribution in [0.5, 0.6) is 5.75 Å². The molecule has 0 atom stereocenters. The first-order valence-electron chi connectivity index (χ1n) is 12.7. The summed E-state index contributed by atoms with van der Waals surface area (Å²) in [5.41, 5.74) is 2.25. The van der Waals surface area contributed by atoms with Crippen LogP contribution < -0.4 is 9.46 Å². The third-order valence-corrected chi connectivity index (χ3v) is 9.19.